The van der Waals surface area contributed by atoms with E-state index in [1.165, 1.54) is 5.56 Å². The lowest BCUT2D eigenvalue weighted by molar-refractivity contribution is -0.116. The van der Waals surface area contributed by atoms with Crippen molar-refractivity contribution in [3.8, 4) is 0 Å². The number of benzene rings is 2. The molecule has 0 radical (unpaired) electrons. The average molecular weight is 375 g/mol. The van der Waals surface area contributed by atoms with Crippen molar-refractivity contribution in [2.45, 2.75) is 44.9 Å². The summed E-state index contributed by atoms with van der Waals surface area (Å²) in [5.41, 5.74) is 3.46. The molecule has 0 atom stereocenters. The van der Waals surface area contributed by atoms with E-state index in [2.05, 4.69) is 23.9 Å². The van der Waals surface area contributed by atoms with Gasteiger partial charge < -0.3 is 5.32 Å². The van der Waals surface area contributed by atoms with Crippen LogP contribution in [0.2, 0.25) is 0 Å². The second-order valence-electron chi connectivity index (χ2n) is 6.74. The van der Waals surface area contributed by atoms with Crippen molar-refractivity contribution in [3.63, 3.8) is 0 Å². The standard InChI is InChI=1S/C20H26N2O3S/c1-14(2)17-7-9-18(10-8-17)22-20(23)11-12-21-26(24,25)19-13-15(3)5-6-16(19)4/h5-10,13-14,21H,11-12H2,1-4H3,(H,22,23). The molecule has 0 aliphatic heterocycles. The van der Waals surface area contributed by atoms with Crippen molar-refractivity contribution in [1.82, 2.24) is 4.72 Å². The fourth-order valence-corrected chi connectivity index (χ4v) is 3.91. The molecule has 0 aromatic heterocycles. The highest BCUT2D eigenvalue weighted by atomic mass is 32.2. The van der Waals surface area contributed by atoms with Crippen LogP contribution < -0.4 is 10.0 Å². The van der Waals surface area contributed by atoms with Gasteiger partial charge in [-0.05, 0) is 54.7 Å². The zero-order valence-corrected chi connectivity index (χ0v) is 16.5. The Hall–Kier alpha value is -2.18. The second-order valence-corrected chi connectivity index (χ2v) is 8.48. The number of rotatable bonds is 7. The molecular formula is C20H26N2O3S. The molecule has 140 valence electrons. The third-order valence-electron chi connectivity index (χ3n) is 4.14. The van der Waals surface area contributed by atoms with Crippen LogP contribution in [0.4, 0.5) is 5.69 Å². The normalized spacial score (nSPS) is 11.6. The van der Waals surface area contributed by atoms with Crippen LogP contribution in [0.25, 0.3) is 0 Å². The van der Waals surface area contributed by atoms with Crippen LogP contribution in [0.3, 0.4) is 0 Å². The fraction of sp³-hybridized carbons (Fsp3) is 0.350. The minimum absolute atomic E-state index is 0.0472. The van der Waals surface area contributed by atoms with Crippen molar-refractivity contribution in [3.05, 3.63) is 59.2 Å². The minimum atomic E-state index is -3.63. The van der Waals surface area contributed by atoms with E-state index in [1.807, 2.05) is 37.3 Å². The molecule has 2 N–H and O–H groups in total. The lowest BCUT2D eigenvalue weighted by atomic mass is 10.0. The van der Waals surface area contributed by atoms with Gasteiger partial charge in [-0.3, -0.25) is 4.79 Å². The first-order chi connectivity index (χ1) is 12.2. The third-order valence-corrected chi connectivity index (χ3v) is 5.74. The largest absolute Gasteiger partial charge is 0.326 e. The number of amides is 1. The van der Waals surface area contributed by atoms with Crippen LogP contribution in [0.1, 0.15) is 42.9 Å². The van der Waals surface area contributed by atoms with Crippen LogP contribution in [-0.4, -0.2) is 20.9 Å². The van der Waals surface area contributed by atoms with E-state index in [0.29, 0.717) is 17.2 Å². The van der Waals surface area contributed by atoms with Gasteiger partial charge in [0.15, 0.2) is 0 Å². The van der Waals surface area contributed by atoms with Gasteiger partial charge in [-0.25, -0.2) is 13.1 Å². The van der Waals surface area contributed by atoms with Gasteiger partial charge in [0.1, 0.15) is 0 Å². The molecule has 0 aliphatic carbocycles. The number of sulfonamides is 1. The summed E-state index contributed by atoms with van der Waals surface area (Å²) in [7, 11) is -3.63. The zero-order chi connectivity index (χ0) is 19.3. The summed E-state index contributed by atoms with van der Waals surface area (Å²) in [4.78, 5) is 12.3. The summed E-state index contributed by atoms with van der Waals surface area (Å²) in [6, 6.07) is 12.9. The summed E-state index contributed by atoms with van der Waals surface area (Å²) in [6.45, 7) is 7.86. The van der Waals surface area contributed by atoms with Gasteiger partial charge in [0, 0.05) is 18.7 Å². The number of nitrogens with one attached hydrogen (secondary N) is 2. The molecule has 26 heavy (non-hydrogen) atoms. The van der Waals surface area contributed by atoms with E-state index in [-0.39, 0.29) is 23.8 Å². The van der Waals surface area contributed by atoms with Crippen molar-refractivity contribution in [1.29, 1.82) is 0 Å². The van der Waals surface area contributed by atoms with E-state index in [9.17, 15) is 13.2 Å². The second kappa shape index (κ2) is 8.47. The quantitative estimate of drug-likeness (QED) is 0.775. The van der Waals surface area contributed by atoms with Gasteiger partial charge in [0.25, 0.3) is 0 Å². The van der Waals surface area contributed by atoms with Gasteiger partial charge in [-0.2, -0.15) is 0 Å². The molecule has 0 bridgehead atoms. The Morgan fingerprint density at radius 2 is 1.69 bits per heavy atom. The molecule has 0 spiro atoms. The van der Waals surface area contributed by atoms with Crippen molar-refractivity contribution < 1.29 is 13.2 Å². The smallest absolute Gasteiger partial charge is 0.240 e. The Morgan fingerprint density at radius 1 is 1.04 bits per heavy atom. The van der Waals surface area contributed by atoms with Gasteiger partial charge in [-0.1, -0.05) is 38.1 Å². The van der Waals surface area contributed by atoms with Gasteiger partial charge in [0.05, 0.1) is 4.90 Å². The maximum Gasteiger partial charge on any atom is 0.240 e. The molecule has 0 unspecified atom stereocenters. The molecule has 1 amide bonds. The highest BCUT2D eigenvalue weighted by molar-refractivity contribution is 7.89. The Labute approximate surface area is 155 Å². The molecular weight excluding hydrogens is 348 g/mol. The van der Waals surface area contributed by atoms with E-state index in [4.69, 9.17) is 0 Å². The minimum Gasteiger partial charge on any atom is -0.326 e. The number of aryl methyl sites for hydroxylation is 2. The van der Waals surface area contributed by atoms with Gasteiger partial charge >= 0.3 is 0 Å². The number of carbonyl (C=O) groups excluding carboxylic acids is 1. The summed E-state index contributed by atoms with van der Waals surface area (Å²) in [6.07, 6.45) is 0.0655. The van der Waals surface area contributed by atoms with Crippen LogP contribution in [0.15, 0.2) is 47.4 Å². The van der Waals surface area contributed by atoms with Crippen molar-refractivity contribution >= 4 is 21.6 Å². The van der Waals surface area contributed by atoms with Crippen LogP contribution in [-0.2, 0) is 14.8 Å². The predicted octanol–water partition coefficient (Wildman–Crippen LogP) is 3.73. The maximum absolute atomic E-state index is 12.4. The summed E-state index contributed by atoms with van der Waals surface area (Å²) in [5, 5.41) is 2.78. The van der Waals surface area contributed by atoms with E-state index >= 15 is 0 Å². The molecule has 0 fully saturated rings. The molecule has 0 aliphatic rings. The first-order valence-electron chi connectivity index (χ1n) is 8.66. The Morgan fingerprint density at radius 3 is 2.31 bits per heavy atom. The summed E-state index contributed by atoms with van der Waals surface area (Å²) in [5.74, 6) is 0.199. The zero-order valence-electron chi connectivity index (χ0n) is 15.7. The molecule has 6 heteroatoms. The monoisotopic (exact) mass is 374 g/mol. The van der Waals surface area contributed by atoms with Gasteiger partial charge in [-0.15, -0.1) is 0 Å². The number of anilines is 1. The fourth-order valence-electron chi connectivity index (χ4n) is 2.55. The highest BCUT2D eigenvalue weighted by Gasteiger charge is 2.17. The molecule has 0 heterocycles. The maximum atomic E-state index is 12.4. The van der Waals surface area contributed by atoms with Gasteiger partial charge in [0.2, 0.25) is 15.9 Å². The molecule has 0 saturated heterocycles. The number of carbonyl (C=O) groups is 1. The number of hydrogen-bond acceptors (Lipinski definition) is 3. The Balaban J connectivity index is 1.90. The van der Waals surface area contributed by atoms with Crippen molar-refractivity contribution in [2.75, 3.05) is 11.9 Å². The molecule has 5 nitrogen and oxygen atoms in total. The summed E-state index contributed by atoms with van der Waals surface area (Å²) >= 11 is 0. The molecule has 2 rings (SSSR count). The topological polar surface area (TPSA) is 75.3 Å². The van der Waals surface area contributed by atoms with E-state index in [1.54, 1.807) is 19.1 Å². The highest BCUT2D eigenvalue weighted by Crippen LogP contribution is 2.18. The Kier molecular flexibility index (Phi) is 6.56. The lowest BCUT2D eigenvalue weighted by Crippen LogP contribution is -2.28. The first-order valence-corrected chi connectivity index (χ1v) is 10.1. The van der Waals surface area contributed by atoms with Crippen LogP contribution in [0.5, 0.6) is 0 Å². The molecule has 2 aromatic rings. The van der Waals surface area contributed by atoms with E-state index < -0.39 is 10.0 Å². The Bertz CT molecular complexity index is 872. The van der Waals surface area contributed by atoms with Crippen LogP contribution >= 0.6 is 0 Å². The van der Waals surface area contributed by atoms with Crippen LogP contribution in [0, 0.1) is 13.8 Å². The molecule has 0 saturated carbocycles. The number of hydrogen-bond donors (Lipinski definition) is 2. The average Bonchev–Trinajstić information content (AvgIpc) is 2.57. The predicted molar refractivity (Wildman–Crippen MR) is 105 cm³/mol. The first kappa shape index (κ1) is 20.1. The third kappa shape index (κ3) is 5.41. The lowest BCUT2D eigenvalue weighted by Gasteiger charge is -2.11. The van der Waals surface area contributed by atoms with Crippen molar-refractivity contribution in [2.24, 2.45) is 0 Å². The SMILES string of the molecule is Cc1ccc(C)c(S(=O)(=O)NCCC(=O)Nc2ccc(C(C)C)cc2)c1. The summed E-state index contributed by atoms with van der Waals surface area (Å²) < 4.78 is 27.3. The molecule has 2 aromatic carbocycles. The van der Waals surface area contributed by atoms with E-state index in [0.717, 1.165) is 5.56 Å².